The van der Waals surface area contributed by atoms with Crippen molar-refractivity contribution in [2.75, 3.05) is 31.6 Å². The first-order valence-corrected chi connectivity index (χ1v) is 11.8. The SMILES string of the molecule is CCC(=O)N(c1ccccc1)C1(C(=O)OC)CCN(CCc2cccs2)CC1.O=C(O)C(=O)O. The van der Waals surface area contributed by atoms with E-state index < -0.39 is 17.5 Å². The Morgan fingerprint density at radius 3 is 2.12 bits per heavy atom. The number of amides is 1. The third-order valence-corrected chi connectivity index (χ3v) is 6.62. The van der Waals surface area contributed by atoms with Crippen LogP contribution in [0.25, 0.3) is 0 Å². The minimum absolute atomic E-state index is 0.0522. The van der Waals surface area contributed by atoms with Gasteiger partial charge in [0.05, 0.1) is 7.11 Å². The number of methoxy groups -OCH3 is 1. The Labute approximate surface area is 202 Å². The standard InChI is InChI=1S/C22H28N2O3S.C2H2O4/c1-3-20(25)24(18-8-5-4-6-9-18)22(21(26)27-2)12-15-23(16-13-22)14-11-19-10-7-17-28-19;3-1(4)2(5)6/h4-10,17H,3,11-16H2,1-2H3;(H,3,4)(H,5,6). The normalized spacial score (nSPS) is 14.9. The number of hydrogen-bond donors (Lipinski definition) is 2. The Morgan fingerprint density at radius 2 is 1.65 bits per heavy atom. The van der Waals surface area contributed by atoms with Crippen molar-refractivity contribution < 1.29 is 34.1 Å². The zero-order valence-electron chi connectivity index (χ0n) is 19.3. The maximum Gasteiger partial charge on any atom is 0.414 e. The molecule has 3 rings (SSSR count). The van der Waals surface area contributed by atoms with Crippen LogP contribution in [0.1, 0.15) is 31.1 Å². The lowest BCUT2D eigenvalue weighted by atomic mass is 9.84. The molecule has 0 bridgehead atoms. The number of nitrogens with zero attached hydrogens (tertiary/aromatic N) is 2. The van der Waals surface area contributed by atoms with Crippen LogP contribution < -0.4 is 4.90 Å². The zero-order valence-corrected chi connectivity index (χ0v) is 20.1. The monoisotopic (exact) mass is 490 g/mol. The summed E-state index contributed by atoms with van der Waals surface area (Å²) in [4.78, 5) is 49.5. The van der Waals surface area contributed by atoms with Crippen LogP contribution in [0.2, 0.25) is 0 Å². The average Bonchev–Trinajstić information content (AvgIpc) is 3.37. The lowest BCUT2D eigenvalue weighted by Gasteiger charge is -2.46. The van der Waals surface area contributed by atoms with E-state index in [2.05, 4.69) is 22.4 Å². The van der Waals surface area contributed by atoms with E-state index in [0.29, 0.717) is 19.3 Å². The van der Waals surface area contributed by atoms with E-state index in [9.17, 15) is 9.59 Å². The highest BCUT2D eigenvalue weighted by Gasteiger charge is 2.49. The number of carboxylic acid groups (broad SMARTS) is 2. The van der Waals surface area contributed by atoms with E-state index in [-0.39, 0.29) is 11.9 Å². The first kappa shape index (κ1) is 27.0. The molecule has 0 aliphatic carbocycles. The molecule has 1 fully saturated rings. The molecule has 9 nitrogen and oxygen atoms in total. The van der Waals surface area contributed by atoms with Gasteiger partial charge in [-0.1, -0.05) is 31.2 Å². The molecular weight excluding hydrogens is 460 g/mol. The summed E-state index contributed by atoms with van der Waals surface area (Å²) in [6, 6.07) is 13.7. The fourth-order valence-electron chi connectivity index (χ4n) is 3.94. The van der Waals surface area contributed by atoms with Crippen molar-refractivity contribution in [3.63, 3.8) is 0 Å². The largest absolute Gasteiger partial charge is 0.473 e. The second-order valence-corrected chi connectivity index (χ2v) is 8.75. The topological polar surface area (TPSA) is 124 Å². The summed E-state index contributed by atoms with van der Waals surface area (Å²) in [7, 11) is 1.41. The van der Waals surface area contributed by atoms with Crippen molar-refractivity contribution in [2.24, 2.45) is 0 Å². The first-order valence-electron chi connectivity index (χ1n) is 10.9. The van der Waals surface area contributed by atoms with Gasteiger partial charge < -0.3 is 19.8 Å². The van der Waals surface area contributed by atoms with Gasteiger partial charge in [0, 0.05) is 36.6 Å². The van der Waals surface area contributed by atoms with Gasteiger partial charge in [-0.05, 0) is 42.8 Å². The van der Waals surface area contributed by atoms with E-state index >= 15 is 0 Å². The number of thiophene rings is 1. The number of hydrogen-bond acceptors (Lipinski definition) is 7. The minimum Gasteiger partial charge on any atom is -0.473 e. The van der Waals surface area contributed by atoms with Crippen molar-refractivity contribution in [1.29, 1.82) is 0 Å². The van der Waals surface area contributed by atoms with Crippen LogP contribution in [-0.2, 0) is 30.3 Å². The number of para-hydroxylation sites is 1. The number of rotatable bonds is 7. The van der Waals surface area contributed by atoms with E-state index in [0.717, 1.165) is 31.7 Å². The molecule has 0 spiro atoms. The van der Waals surface area contributed by atoms with Crippen molar-refractivity contribution in [3.05, 3.63) is 52.7 Å². The van der Waals surface area contributed by atoms with Gasteiger partial charge >= 0.3 is 17.9 Å². The molecular formula is C24H30N2O7S. The Balaban J connectivity index is 0.000000604. The van der Waals surface area contributed by atoms with Gasteiger partial charge in [-0.25, -0.2) is 14.4 Å². The van der Waals surface area contributed by atoms with E-state index in [1.54, 1.807) is 16.2 Å². The van der Waals surface area contributed by atoms with Crippen LogP contribution >= 0.6 is 11.3 Å². The van der Waals surface area contributed by atoms with Crippen molar-refractivity contribution >= 4 is 40.8 Å². The van der Waals surface area contributed by atoms with E-state index in [1.165, 1.54) is 12.0 Å². The van der Waals surface area contributed by atoms with Gasteiger partial charge in [-0.15, -0.1) is 11.3 Å². The number of carbonyl (C=O) groups is 4. The van der Waals surface area contributed by atoms with Gasteiger partial charge in [-0.3, -0.25) is 9.69 Å². The number of benzene rings is 1. The lowest BCUT2D eigenvalue weighted by Crippen LogP contribution is -2.62. The quantitative estimate of drug-likeness (QED) is 0.448. The molecule has 1 aliphatic rings. The summed E-state index contributed by atoms with van der Waals surface area (Å²) in [5.41, 5.74) is -0.186. The molecule has 1 aromatic carbocycles. The minimum atomic E-state index is -1.82. The second-order valence-electron chi connectivity index (χ2n) is 7.72. The zero-order chi connectivity index (χ0) is 25.1. The number of carboxylic acids is 2. The highest BCUT2D eigenvalue weighted by molar-refractivity contribution is 7.09. The predicted molar refractivity (Wildman–Crippen MR) is 128 cm³/mol. The van der Waals surface area contributed by atoms with Gasteiger partial charge in [0.15, 0.2) is 0 Å². The Kier molecular flexibility index (Phi) is 10.2. The molecule has 0 saturated carbocycles. The number of likely N-dealkylation sites (tertiary alicyclic amines) is 1. The third kappa shape index (κ3) is 6.88. The van der Waals surface area contributed by atoms with Gasteiger partial charge in [0.25, 0.3) is 0 Å². The highest BCUT2D eigenvalue weighted by Crippen LogP contribution is 2.35. The molecule has 0 unspecified atom stereocenters. The predicted octanol–water partition coefficient (Wildman–Crippen LogP) is 2.90. The number of aliphatic carboxylic acids is 2. The van der Waals surface area contributed by atoms with Crippen LogP contribution in [-0.4, -0.2) is 71.2 Å². The van der Waals surface area contributed by atoms with Crippen molar-refractivity contribution in [3.8, 4) is 0 Å². The number of anilines is 1. The average molecular weight is 491 g/mol. The first-order chi connectivity index (χ1) is 16.2. The smallest absolute Gasteiger partial charge is 0.414 e. The molecule has 0 atom stereocenters. The molecule has 184 valence electrons. The Hall–Kier alpha value is -3.24. The summed E-state index contributed by atoms with van der Waals surface area (Å²) in [6.45, 7) is 4.33. The molecule has 34 heavy (non-hydrogen) atoms. The van der Waals surface area contributed by atoms with Crippen LogP contribution in [0.3, 0.4) is 0 Å². The van der Waals surface area contributed by atoms with Gasteiger partial charge in [-0.2, -0.15) is 0 Å². The lowest BCUT2D eigenvalue weighted by molar-refractivity contribution is -0.159. The van der Waals surface area contributed by atoms with Crippen molar-refractivity contribution in [2.45, 2.75) is 38.1 Å². The maximum absolute atomic E-state index is 12.9. The summed E-state index contributed by atoms with van der Waals surface area (Å²) < 4.78 is 5.19. The Bertz CT molecular complexity index is 943. The number of piperidine rings is 1. The summed E-state index contributed by atoms with van der Waals surface area (Å²) in [6.07, 6.45) is 2.50. The number of ether oxygens (including phenoxy) is 1. The highest BCUT2D eigenvalue weighted by atomic mass is 32.1. The van der Waals surface area contributed by atoms with Crippen molar-refractivity contribution in [1.82, 2.24) is 4.90 Å². The van der Waals surface area contributed by atoms with Crippen LogP contribution in [0.4, 0.5) is 5.69 Å². The number of carbonyl (C=O) groups excluding carboxylic acids is 2. The third-order valence-electron chi connectivity index (χ3n) is 5.68. The number of esters is 1. The van der Waals surface area contributed by atoms with Crippen LogP contribution in [0.15, 0.2) is 47.8 Å². The molecule has 2 N–H and O–H groups in total. The molecule has 2 heterocycles. The summed E-state index contributed by atoms with van der Waals surface area (Å²) >= 11 is 1.78. The summed E-state index contributed by atoms with van der Waals surface area (Å²) in [5.74, 6) is -4.02. The molecule has 0 radical (unpaired) electrons. The van der Waals surface area contributed by atoms with Crippen LogP contribution in [0.5, 0.6) is 0 Å². The molecule has 10 heteroatoms. The van der Waals surface area contributed by atoms with E-state index in [1.807, 2.05) is 37.3 Å². The van der Waals surface area contributed by atoms with E-state index in [4.69, 9.17) is 24.5 Å². The maximum atomic E-state index is 12.9. The Morgan fingerprint density at radius 1 is 1.03 bits per heavy atom. The van der Waals surface area contributed by atoms with Crippen LogP contribution in [0, 0.1) is 0 Å². The van der Waals surface area contributed by atoms with Gasteiger partial charge in [0.1, 0.15) is 5.54 Å². The molecule has 1 aliphatic heterocycles. The molecule has 2 aromatic rings. The molecule has 1 amide bonds. The second kappa shape index (κ2) is 12.9. The summed E-state index contributed by atoms with van der Waals surface area (Å²) in [5, 5.41) is 16.9. The fourth-order valence-corrected chi connectivity index (χ4v) is 4.64. The van der Waals surface area contributed by atoms with Gasteiger partial charge in [0.2, 0.25) is 5.91 Å². The molecule has 1 saturated heterocycles. The fraction of sp³-hybridized carbons (Fsp3) is 0.417. The molecule has 1 aromatic heterocycles.